The van der Waals surface area contributed by atoms with E-state index in [1.807, 2.05) is 38.1 Å². The summed E-state index contributed by atoms with van der Waals surface area (Å²) in [5.41, 5.74) is 1.18. The molecule has 2 N–H and O–H groups in total. The molecule has 1 rings (SSSR count). The Morgan fingerprint density at radius 3 is 2.48 bits per heavy atom. The third-order valence-corrected chi connectivity index (χ3v) is 3.72. The summed E-state index contributed by atoms with van der Waals surface area (Å²) >= 11 is 0. The number of hydrogen-bond donors (Lipinski definition) is 2. The fraction of sp³-hybridized carbons (Fsp3) is 0.588. The van der Waals surface area contributed by atoms with E-state index >= 15 is 0 Å². The van der Waals surface area contributed by atoms with Crippen LogP contribution < -0.4 is 10.1 Å². The molecule has 0 fully saturated rings. The maximum atomic E-state index is 12.1. The lowest BCUT2D eigenvalue weighted by Gasteiger charge is -2.22. The van der Waals surface area contributed by atoms with Crippen molar-refractivity contribution in [2.45, 2.75) is 52.7 Å². The lowest BCUT2D eigenvalue weighted by Crippen LogP contribution is -2.44. The van der Waals surface area contributed by atoms with E-state index in [1.54, 1.807) is 6.92 Å². The number of hydrogen-bond acceptors (Lipinski definition) is 3. The zero-order valence-electron chi connectivity index (χ0n) is 13.6. The van der Waals surface area contributed by atoms with Gasteiger partial charge in [-0.1, -0.05) is 32.9 Å². The second-order valence-electron chi connectivity index (χ2n) is 5.94. The molecule has 0 spiro atoms. The first-order chi connectivity index (χ1) is 9.85. The lowest BCUT2D eigenvalue weighted by molar-refractivity contribution is -0.128. The van der Waals surface area contributed by atoms with Gasteiger partial charge in [0, 0.05) is 12.6 Å². The molecule has 0 radical (unpaired) electrons. The Kier molecular flexibility index (Phi) is 6.69. The van der Waals surface area contributed by atoms with Crippen LogP contribution in [0.5, 0.6) is 5.75 Å². The van der Waals surface area contributed by atoms with Gasteiger partial charge in [-0.15, -0.1) is 0 Å². The van der Waals surface area contributed by atoms with Crippen molar-refractivity contribution < 1.29 is 14.6 Å². The summed E-state index contributed by atoms with van der Waals surface area (Å²) in [6.45, 7) is 9.79. The Morgan fingerprint density at radius 2 is 1.90 bits per heavy atom. The van der Waals surface area contributed by atoms with Crippen LogP contribution in [0.4, 0.5) is 0 Å². The molecule has 1 amide bonds. The predicted molar refractivity (Wildman–Crippen MR) is 84.5 cm³/mol. The minimum Gasteiger partial charge on any atom is -0.481 e. The van der Waals surface area contributed by atoms with Gasteiger partial charge in [0.2, 0.25) is 0 Å². The Hall–Kier alpha value is -1.55. The molecule has 3 atom stereocenters. The highest BCUT2D eigenvalue weighted by Crippen LogP contribution is 2.21. The van der Waals surface area contributed by atoms with Crippen molar-refractivity contribution in [1.82, 2.24) is 5.32 Å². The first kappa shape index (κ1) is 17.5. The topological polar surface area (TPSA) is 58.6 Å². The summed E-state index contributed by atoms with van der Waals surface area (Å²) in [5, 5.41) is 12.0. The summed E-state index contributed by atoms with van der Waals surface area (Å²) in [6.07, 6.45) is -0.569. The monoisotopic (exact) mass is 293 g/mol. The van der Waals surface area contributed by atoms with Gasteiger partial charge >= 0.3 is 0 Å². The van der Waals surface area contributed by atoms with Crippen molar-refractivity contribution in [3.8, 4) is 5.75 Å². The van der Waals surface area contributed by atoms with Crippen LogP contribution >= 0.6 is 0 Å². The van der Waals surface area contributed by atoms with E-state index < -0.39 is 6.10 Å². The molecule has 0 aliphatic carbocycles. The van der Waals surface area contributed by atoms with E-state index in [4.69, 9.17) is 9.84 Å². The van der Waals surface area contributed by atoms with Crippen molar-refractivity contribution in [3.05, 3.63) is 29.8 Å². The fourth-order valence-corrected chi connectivity index (χ4v) is 1.85. The second kappa shape index (κ2) is 8.03. The zero-order valence-corrected chi connectivity index (χ0v) is 13.6. The normalized spacial score (nSPS) is 15.4. The molecule has 3 unspecified atom stereocenters. The van der Waals surface area contributed by atoms with Crippen LogP contribution in [0, 0.1) is 5.92 Å². The number of carbonyl (C=O) groups is 1. The van der Waals surface area contributed by atoms with Crippen molar-refractivity contribution in [2.24, 2.45) is 5.92 Å². The first-order valence-corrected chi connectivity index (χ1v) is 7.53. The summed E-state index contributed by atoms with van der Waals surface area (Å²) in [6, 6.07) is 7.72. The van der Waals surface area contributed by atoms with E-state index in [0.717, 1.165) is 0 Å². The molecule has 0 heterocycles. The van der Waals surface area contributed by atoms with Gasteiger partial charge in [-0.05, 0) is 43.4 Å². The van der Waals surface area contributed by atoms with Gasteiger partial charge < -0.3 is 15.2 Å². The van der Waals surface area contributed by atoms with Gasteiger partial charge in [0.25, 0.3) is 5.91 Å². The van der Waals surface area contributed by atoms with Crippen molar-refractivity contribution in [2.75, 3.05) is 6.61 Å². The largest absolute Gasteiger partial charge is 0.481 e. The molecule has 4 heteroatoms. The summed E-state index contributed by atoms with van der Waals surface area (Å²) < 4.78 is 5.71. The molecule has 0 aliphatic rings. The highest BCUT2D eigenvalue weighted by molar-refractivity contribution is 5.81. The van der Waals surface area contributed by atoms with E-state index in [9.17, 15) is 4.79 Å². The number of amides is 1. The van der Waals surface area contributed by atoms with Gasteiger partial charge in [-0.2, -0.15) is 0 Å². The second-order valence-corrected chi connectivity index (χ2v) is 5.94. The van der Waals surface area contributed by atoms with Crippen LogP contribution in [0.15, 0.2) is 24.3 Å². The minimum atomic E-state index is -0.569. The Bertz CT molecular complexity index is 459. The molecular weight excluding hydrogens is 266 g/mol. The summed E-state index contributed by atoms with van der Waals surface area (Å²) in [5.74, 6) is 0.970. The van der Waals surface area contributed by atoms with Gasteiger partial charge in [-0.3, -0.25) is 4.79 Å². The lowest BCUT2D eigenvalue weighted by atomic mass is 10.0. The van der Waals surface area contributed by atoms with E-state index in [-0.39, 0.29) is 24.5 Å². The Labute approximate surface area is 127 Å². The maximum Gasteiger partial charge on any atom is 0.260 e. The van der Waals surface area contributed by atoms with Gasteiger partial charge in [-0.25, -0.2) is 0 Å². The fourth-order valence-electron chi connectivity index (χ4n) is 1.85. The third-order valence-electron chi connectivity index (χ3n) is 3.72. The van der Waals surface area contributed by atoms with Crippen LogP contribution in [0.25, 0.3) is 0 Å². The number of aliphatic hydroxyl groups is 1. The highest BCUT2D eigenvalue weighted by atomic mass is 16.5. The standard InChI is InChI=1S/C17H27NO3/c1-11(2)15-7-6-8-16(9-15)21-14(5)17(20)18-13(4)12(3)10-19/h6-9,11-14,19H,10H2,1-5H3,(H,18,20). The molecule has 0 saturated carbocycles. The molecular formula is C17H27NO3. The van der Waals surface area contributed by atoms with Crippen LogP contribution in [-0.2, 0) is 4.79 Å². The quantitative estimate of drug-likeness (QED) is 0.812. The smallest absolute Gasteiger partial charge is 0.260 e. The van der Waals surface area contributed by atoms with Crippen molar-refractivity contribution >= 4 is 5.91 Å². The average Bonchev–Trinajstić information content (AvgIpc) is 2.46. The van der Waals surface area contributed by atoms with Crippen LogP contribution in [0.3, 0.4) is 0 Å². The highest BCUT2D eigenvalue weighted by Gasteiger charge is 2.19. The summed E-state index contributed by atoms with van der Waals surface area (Å²) in [4.78, 5) is 12.1. The minimum absolute atomic E-state index is 0.0189. The van der Waals surface area contributed by atoms with E-state index in [2.05, 4.69) is 19.2 Å². The average molecular weight is 293 g/mol. The molecule has 0 saturated heterocycles. The molecule has 0 aliphatic heterocycles. The molecule has 1 aromatic rings. The number of carbonyl (C=O) groups excluding carboxylic acids is 1. The Morgan fingerprint density at radius 1 is 1.24 bits per heavy atom. The van der Waals surface area contributed by atoms with Gasteiger partial charge in [0.1, 0.15) is 5.75 Å². The SMILES string of the molecule is CC(Oc1cccc(C(C)C)c1)C(=O)NC(C)C(C)CO. The zero-order chi connectivity index (χ0) is 16.0. The van der Waals surface area contributed by atoms with Gasteiger partial charge in [0.05, 0.1) is 0 Å². The van der Waals surface area contributed by atoms with Crippen LogP contribution in [-0.4, -0.2) is 29.8 Å². The molecule has 0 bridgehead atoms. The van der Waals surface area contributed by atoms with E-state index in [0.29, 0.717) is 11.7 Å². The maximum absolute atomic E-state index is 12.1. The van der Waals surface area contributed by atoms with Crippen molar-refractivity contribution in [1.29, 1.82) is 0 Å². The predicted octanol–water partition coefficient (Wildman–Crippen LogP) is 2.71. The molecule has 118 valence electrons. The number of nitrogens with one attached hydrogen (secondary N) is 1. The van der Waals surface area contributed by atoms with Crippen molar-refractivity contribution in [3.63, 3.8) is 0 Å². The molecule has 1 aromatic carbocycles. The number of ether oxygens (including phenoxy) is 1. The first-order valence-electron chi connectivity index (χ1n) is 7.53. The summed E-state index contributed by atoms with van der Waals surface area (Å²) in [7, 11) is 0. The van der Waals surface area contributed by atoms with Crippen LogP contribution in [0.2, 0.25) is 0 Å². The molecule has 0 aromatic heterocycles. The number of aliphatic hydroxyl groups excluding tert-OH is 1. The molecule has 21 heavy (non-hydrogen) atoms. The third kappa shape index (κ3) is 5.38. The van der Waals surface area contributed by atoms with Crippen LogP contribution in [0.1, 0.15) is 46.1 Å². The number of rotatable bonds is 7. The van der Waals surface area contributed by atoms with Gasteiger partial charge in [0.15, 0.2) is 6.10 Å². The molecule has 4 nitrogen and oxygen atoms in total. The Balaban J connectivity index is 2.62. The van der Waals surface area contributed by atoms with E-state index in [1.165, 1.54) is 5.56 Å². The number of benzene rings is 1.